The standard InChI is InChI=1S/C11H21NOS/c1-9-11(2,4-5-13-9)12-7-10-3-6-14-8-10/h9-10,12H,3-8H2,1-2H3. The fraction of sp³-hybridized carbons (Fsp3) is 1.00. The highest BCUT2D eigenvalue weighted by Crippen LogP contribution is 2.27. The van der Waals surface area contributed by atoms with Gasteiger partial charge in [0.1, 0.15) is 0 Å². The van der Waals surface area contributed by atoms with Gasteiger partial charge in [0.25, 0.3) is 0 Å². The van der Waals surface area contributed by atoms with Gasteiger partial charge in [-0.25, -0.2) is 0 Å². The van der Waals surface area contributed by atoms with Crippen LogP contribution in [0.2, 0.25) is 0 Å². The summed E-state index contributed by atoms with van der Waals surface area (Å²) in [5.74, 6) is 3.59. The summed E-state index contributed by atoms with van der Waals surface area (Å²) in [7, 11) is 0. The minimum Gasteiger partial charge on any atom is -0.377 e. The molecule has 3 heteroatoms. The fourth-order valence-corrected chi connectivity index (χ4v) is 3.47. The average molecular weight is 215 g/mol. The zero-order valence-electron chi connectivity index (χ0n) is 9.21. The first-order valence-corrected chi connectivity index (χ1v) is 6.80. The molecule has 0 bridgehead atoms. The van der Waals surface area contributed by atoms with E-state index in [2.05, 4.69) is 30.9 Å². The lowest BCUT2D eigenvalue weighted by molar-refractivity contribution is 0.0875. The van der Waals surface area contributed by atoms with E-state index in [0.717, 1.165) is 18.9 Å². The Kier molecular flexibility index (Phi) is 3.40. The Balaban J connectivity index is 1.78. The Bertz CT molecular complexity index is 194. The van der Waals surface area contributed by atoms with Crippen LogP contribution in [-0.4, -0.2) is 36.3 Å². The van der Waals surface area contributed by atoms with Gasteiger partial charge < -0.3 is 10.1 Å². The Labute approximate surface area is 91.2 Å². The molecule has 2 aliphatic heterocycles. The molecule has 82 valence electrons. The molecule has 2 heterocycles. The molecule has 0 amide bonds. The maximum Gasteiger partial charge on any atom is 0.0726 e. The van der Waals surface area contributed by atoms with Crippen LogP contribution in [0.5, 0.6) is 0 Å². The second-order valence-electron chi connectivity index (χ2n) is 4.79. The van der Waals surface area contributed by atoms with Crippen LogP contribution >= 0.6 is 11.8 Å². The number of thioether (sulfide) groups is 1. The summed E-state index contributed by atoms with van der Waals surface area (Å²) >= 11 is 2.09. The third-order valence-corrected chi connectivity index (χ3v) is 4.94. The van der Waals surface area contributed by atoms with Gasteiger partial charge in [0.2, 0.25) is 0 Å². The van der Waals surface area contributed by atoms with Crippen molar-refractivity contribution in [2.45, 2.75) is 38.3 Å². The molecule has 3 unspecified atom stereocenters. The van der Waals surface area contributed by atoms with Crippen molar-refractivity contribution < 1.29 is 4.74 Å². The van der Waals surface area contributed by atoms with Crippen molar-refractivity contribution in [2.24, 2.45) is 5.92 Å². The average Bonchev–Trinajstić information content (AvgIpc) is 2.75. The lowest BCUT2D eigenvalue weighted by Gasteiger charge is -2.30. The smallest absolute Gasteiger partial charge is 0.0726 e. The van der Waals surface area contributed by atoms with Gasteiger partial charge in [-0.2, -0.15) is 11.8 Å². The molecular weight excluding hydrogens is 194 g/mol. The third kappa shape index (κ3) is 2.26. The molecule has 0 aliphatic carbocycles. The quantitative estimate of drug-likeness (QED) is 0.777. The molecule has 0 radical (unpaired) electrons. The van der Waals surface area contributed by atoms with E-state index < -0.39 is 0 Å². The maximum atomic E-state index is 5.62. The van der Waals surface area contributed by atoms with Gasteiger partial charge in [-0.3, -0.25) is 0 Å². The van der Waals surface area contributed by atoms with E-state index in [1.807, 2.05) is 0 Å². The van der Waals surface area contributed by atoms with Crippen molar-refractivity contribution in [1.82, 2.24) is 5.32 Å². The molecule has 2 rings (SSSR count). The van der Waals surface area contributed by atoms with Gasteiger partial charge in [0.05, 0.1) is 6.10 Å². The molecule has 2 saturated heterocycles. The van der Waals surface area contributed by atoms with Gasteiger partial charge in [0.15, 0.2) is 0 Å². The van der Waals surface area contributed by atoms with Crippen LogP contribution in [0.1, 0.15) is 26.7 Å². The number of hydrogen-bond acceptors (Lipinski definition) is 3. The van der Waals surface area contributed by atoms with Crippen molar-refractivity contribution in [3.63, 3.8) is 0 Å². The van der Waals surface area contributed by atoms with Crippen molar-refractivity contribution in [1.29, 1.82) is 0 Å². The highest BCUT2D eigenvalue weighted by Gasteiger charge is 2.36. The first kappa shape index (κ1) is 10.8. The van der Waals surface area contributed by atoms with Crippen molar-refractivity contribution >= 4 is 11.8 Å². The molecule has 0 aromatic carbocycles. The molecule has 1 N–H and O–H groups in total. The second kappa shape index (κ2) is 4.42. The zero-order valence-corrected chi connectivity index (χ0v) is 10.0. The van der Waals surface area contributed by atoms with Crippen molar-refractivity contribution in [3.05, 3.63) is 0 Å². The minimum absolute atomic E-state index is 0.229. The molecule has 14 heavy (non-hydrogen) atoms. The van der Waals surface area contributed by atoms with Crippen LogP contribution < -0.4 is 5.32 Å². The van der Waals surface area contributed by atoms with Gasteiger partial charge in [-0.1, -0.05) is 0 Å². The topological polar surface area (TPSA) is 21.3 Å². The fourth-order valence-electron chi connectivity index (χ4n) is 2.19. The molecule has 3 atom stereocenters. The first-order valence-electron chi connectivity index (χ1n) is 5.65. The highest BCUT2D eigenvalue weighted by atomic mass is 32.2. The largest absolute Gasteiger partial charge is 0.377 e. The number of nitrogens with one attached hydrogen (secondary N) is 1. The third-order valence-electron chi connectivity index (χ3n) is 3.71. The Morgan fingerprint density at radius 2 is 2.43 bits per heavy atom. The summed E-state index contributed by atoms with van der Waals surface area (Å²) < 4.78 is 5.62. The summed E-state index contributed by atoms with van der Waals surface area (Å²) in [4.78, 5) is 0. The SMILES string of the molecule is CC1OCCC1(C)NCC1CCSC1. The van der Waals surface area contributed by atoms with Crippen LogP contribution in [-0.2, 0) is 4.74 Å². The molecule has 0 spiro atoms. The van der Waals surface area contributed by atoms with Crippen molar-refractivity contribution in [3.8, 4) is 0 Å². The van der Waals surface area contributed by atoms with E-state index in [1.54, 1.807) is 0 Å². The number of ether oxygens (including phenoxy) is 1. The van der Waals surface area contributed by atoms with E-state index in [9.17, 15) is 0 Å². The number of hydrogen-bond donors (Lipinski definition) is 1. The second-order valence-corrected chi connectivity index (χ2v) is 5.94. The predicted molar refractivity (Wildman–Crippen MR) is 61.9 cm³/mol. The molecular formula is C11H21NOS. The predicted octanol–water partition coefficient (Wildman–Crippen LogP) is 1.90. The summed E-state index contributed by atoms with van der Waals surface area (Å²) in [6, 6.07) is 0. The van der Waals surface area contributed by atoms with E-state index in [4.69, 9.17) is 4.74 Å². The Morgan fingerprint density at radius 3 is 3.00 bits per heavy atom. The van der Waals surface area contributed by atoms with Gasteiger partial charge >= 0.3 is 0 Å². The van der Waals surface area contributed by atoms with Crippen LogP contribution in [0.25, 0.3) is 0 Å². The maximum absolute atomic E-state index is 5.62. The van der Waals surface area contributed by atoms with Crippen LogP contribution in [0.4, 0.5) is 0 Å². The summed E-state index contributed by atoms with van der Waals surface area (Å²) in [6.45, 7) is 6.58. The first-order chi connectivity index (χ1) is 6.71. The van der Waals surface area contributed by atoms with Crippen LogP contribution in [0.3, 0.4) is 0 Å². The van der Waals surface area contributed by atoms with Crippen molar-refractivity contribution in [2.75, 3.05) is 24.7 Å². The Morgan fingerprint density at radius 1 is 1.57 bits per heavy atom. The van der Waals surface area contributed by atoms with Gasteiger partial charge in [-0.15, -0.1) is 0 Å². The molecule has 0 saturated carbocycles. The normalized spacial score (nSPS) is 43.3. The summed E-state index contributed by atoms with van der Waals surface area (Å²) in [5, 5.41) is 3.71. The van der Waals surface area contributed by atoms with Crippen LogP contribution in [0.15, 0.2) is 0 Å². The van der Waals surface area contributed by atoms with Crippen LogP contribution in [0, 0.1) is 5.92 Å². The molecule has 0 aromatic rings. The molecule has 0 aromatic heterocycles. The zero-order chi connectivity index (χ0) is 10.0. The van der Waals surface area contributed by atoms with E-state index >= 15 is 0 Å². The molecule has 2 nitrogen and oxygen atoms in total. The van der Waals surface area contributed by atoms with E-state index in [-0.39, 0.29) is 5.54 Å². The van der Waals surface area contributed by atoms with E-state index in [1.165, 1.54) is 24.5 Å². The molecule has 2 fully saturated rings. The summed E-state index contributed by atoms with van der Waals surface area (Å²) in [6.07, 6.45) is 2.92. The van der Waals surface area contributed by atoms with E-state index in [0.29, 0.717) is 6.10 Å². The number of rotatable bonds is 3. The molecule has 2 aliphatic rings. The minimum atomic E-state index is 0.229. The highest BCUT2D eigenvalue weighted by molar-refractivity contribution is 7.99. The monoisotopic (exact) mass is 215 g/mol. The Hall–Kier alpha value is 0.270. The lowest BCUT2D eigenvalue weighted by atomic mass is 9.93. The van der Waals surface area contributed by atoms with Gasteiger partial charge in [-0.05, 0) is 50.7 Å². The lowest BCUT2D eigenvalue weighted by Crippen LogP contribution is -2.49. The summed E-state index contributed by atoms with van der Waals surface area (Å²) in [5.41, 5.74) is 0.229. The van der Waals surface area contributed by atoms with Gasteiger partial charge in [0, 0.05) is 12.1 Å².